The molecule has 31 heavy (non-hydrogen) atoms. The first-order valence-electron chi connectivity index (χ1n) is 10.3. The molecule has 0 aliphatic carbocycles. The molecule has 3 rings (SSSR count). The van der Waals surface area contributed by atoms with E-state index in [-0.39, 0.29) is 36.1 Å². The zero-order chi connectivity index (χ0) is 22.4. The predicted octanol–water partition coefficient (Wildman–Crippen LogP) is 2.95. The van der Waals surface area contributed by atoms with Crippen LogP contribution in [0.5, 0.6) is 0 Å². The van der Waals surface area contributed by atoms with Gasteiger partial charge in [-0.3, -0.25) is 13.9 Å². The van der Waals surface area contributed by atoms with Crippen LogP contribution in [-0.2, 0) is 19.5 Å². The molecule has 2 heterocycles. The van der Waals surface area contributed by atoms with Crippen molar-refractivity contribution in [3.63, 3.8) is 0 Å². The molecule has 2 aromatic heterocycles. The molecule has 0 aliphatic heterocycles. The van der Waals surface area contributed by atoms with E-state index < -0.39 is 17.3 Å². The SMILES string of the molecule is CCCCCn1c(=O)n(CCN(CCc2ccccc2)C(=O)O)c(=O)c2[nH]c(Cl)nc21. The summed E-state index contributed by atoms with van der Waals surface area (Å²) in [6.45, 7) is 2.68. The Bertz CT molecular complexity index is 1150. The summed E-state index contributed by atoms with van der Waals surface area (Å²) in [5.41, 5.74) is 0.321. The monoisotopic (exact) mass is 447 g/mol. The number of hydrogen-bond acceptors (Lipinski definition) is 4. The molecule has 0 fully saturated rings. The molecule has 2 N–H and O–H groups in total. The number of aryl methyl sites for hydroxylation is 1. The summed E-state index contributed by atoms with van der Waals surface area (Å²) >= 11 is 5.95. The number of H-pyrrole nitrogens is 1. The lowest BCUT2D eigenvalue weighted by atomic mass is 10.1. The quantitative estimate of drug-likeness (QED) is 0.366. The van der Waals surface area contributed by atoms with E-state index >= 15 is 0 Å². The van der Waals surface area contributed by atoms with Gasteiger partial charge in [0, 0.05) is 26.2 Å². The number of unbranched alkanes of at least 4 members (excludes halogenated alkanes) is 2. The van der Waals surface area contributed by atoms with Crippen LogP contribution in [0.2, 0.25) is 5.28 Å². The van der Waals surface area contributed by atoms with E-state index in [4.69, 9.17) is 11.6 Å². The third-order valence-electron chi connectivity index (χ3n) is 5.19. The van der Waals surface area contributed by atoms with Gasteiger partial charge in [0.2, 0.25) is 5.28 Å². The van der Waals surface area contributed by atoms with Gasteiger partial charge in [-0.2, -0.15) is 4.98 Å². The molecule has 0 saturated carbocycles. The molecule has 10 heteroatoms. The van der Waals surface area contributed by atoms with Crippen molar-refractivity contribution >= 4 is 28.9 Å². The lowest BCUT2D eigenvalue weighted by Gasteiger charge is -2.20. The number of amides is 1. The number of fused-ring (bicyclic) bond motifs is 1. The Labute approximate surface area is 183 Å². The number of aromatic amines is 1. The molecule has 0 radical (unpaired) electrons. The van der Waals surface area contributed by atoms with Crippen LogP contribution in [0.3, 0.4) is 0 Å². The Morgan fingerprint density at radius 2 is 1.87 bits per heavy atom. The second-order valence-electron chi connectivity index (χ2n) is 7.33. The zero-order valence-corrected chi connectivity index (χ0v) is 18.1. The summed E-state index contributed by atoms with van der Waals surface area (Å²) in [6, 6.07) is 9.54. The van der Waals surface area contributed by atoms with E-state index in [0.29, 0.717) is 13.0 Å². The van der Waals surface area contributed by atoms with E-state index in [0.717, 1.165) is 29.4 Å². The average Bonchev–Trinajstić information content (AvgIpc) is 3.14. The number of carboxylic acid groups (broad SMARTS) is 1. The number of carbonyl (C=O) groups is 1. The zero-order valence-electron chi connectivity index (χ0n) is 17.4. The van der Waals surface area contributed by atoms with Crippen LogP contribution < -0.4 is 11.2 Å². The summed E-state index contributed by atoms with van der Waals surface area (Å²) in [7, 11) is 0. The topological polar surface area (TPSA) is 113 Å². The van der Waals surface area contributed by atoms with Crippen LogP contribution >= 0.6 is 11.6 Å². The Morgan fingerprint density at radius 3 is 2.55 bits per heavy atom. The minimum atomic E-state index is -1.10. The van der Waals surface area contributed by atoms with Gasteiger partial charge in [0.25, 0.3) is 5.56 Å². The van der Waals surface area contributed by atoms with Gasteiger partial charge in [-0.05, 0) is 30.0 Å². The van der Waals surface area contributed by atoms with Crippen molar-refractivity contribution in [2.24, 2.45) is 0 Å². The summed E-state index contributed by atoms with van der Waals surface area (Å²) in [6.07, 6.45) is 2.11. The third kappa shape index (κ3) is 5.35. The number of halogens is 1. The molecule has 0 saturated heterocycles. The van der Waals surface area contributed by atoms with Crippen molar-refractivity contribution in [3.05, 3.63) is 62.0 Å². The number of hydrogen-bond donors (Lipinski definition) is 2. The van der Waals surface area contributed by atoms with E-state index in [1.807, 2.05) is 30.3 Å². The highest BCUT2D eigenvalue weighted by molar-refractivity contribution is 6.28. The van der Waals surface area contributed by atoms with Crippen molar-refractivity contribution in [3.8, 4) is 0 Å². The lowest BCUT2D eigenvalue weighted by Crippen LogP contribution is -2.44. The number of nitrogens with one attached hydrogen (secondary N) is 1. The maximum absolute atomic E-state index is 13.0. The Balaban J connectivity index is 1.84. The molecular formula is C21H26ClN5O4. The van der Waals surface area contributed by atoms with Gasteiger partial charge in [-0.15, -0.1) is 0 Å². The molecule has 1 amide bonds. The highest BCUT2D eigenvalue weighted by Gasteiger charge is 2.19. The average molecular weight is 448 g/mol. The summed E-state index contributed by atoms with van der Waals surface area (Å²) in [5.74, 6) is 0. The molecule has 1 aromatic carbocycles. The minimum Gasteiger partial charge on any atom is -0.465 e. The number of rotatable bonds is 10. The first-order chi connectivity index (χ1) is 14.9. The lowest BCUT2D eigenvalue weighted by molar-refractivity contribution is 0.143. The Hall–Kier alpha value is -3.07. The van der Waals surface area contributed by atoms with Gasteiger partial charge in [0.15, 0.2) is 11.2 Å². The van der Waals surface area contributed by atoms with Crippen molar-refractivity contribution < 1.29 is 9.90 Å². The fourth-order valence-electron chi connectivity index (χ4n) is 3.49. The van der Waals surface area contributed by atoms with Crippen LogP contribution in [-0.4, -0.2) is 48.3 Å². The van der Waals surface area contributed by atoms with Gasteiger partial charge >= 0.3 is 11.8 Å². The number of nitrogens with zero attached hydrogens (tertiary/aromatic N) is 4. The molecule has 0 spiro atoms. The van der Waals surface area contributed by atoms with Crippen molar-refractivity contribution in [2.75, 3.05) is 13.1 Å². The minimum absolute atomic E-state index is 0.0135. The first kappa shape index (κ1) is 22.6. The second kappa shape index (κ2) is 10.3. The summed E-state index contributed by atoms with van der Waals surface area (Å²) < 4.78 is 2.49. The van der Waals surface area contributed by atoms with Gasteiger partial charge in [-0.25, -0.2) is 9.59 Å². The Morgan fingerprint density at radius 1 is 1.13 bits per heavy atom. The molecule has 0 atom stereocenters. The van der Waals surface area contributed by atoms with Crippen LogP contribution in [0, 0.1) is 0 Å². The van der Waals surface area contributed by atoms with E-state index in [9.17, 15) is 19.5 Å². The van der Waals surface area contributed by atoms with Crippen LogP contribution in [0.25, 0.3) is 11.2 Å². The number of benzene rings is 1. The molecular weight excluding hydrogens is 422 g/mol. The van der Waals surface area contributed by atoms with Crippen LogP contribution in [0.1, 0.15) is 31.7 Å². The summed E-state index contributed by atoms with van der Waals surface area (Å²) in [4.78, 5) is 45.6. The van der Waals surface area contributed by atoms with Gasteiger partial charge < -0.3 is 15.0 Å². The maximum atomic E-state index is 13.0. The Kier molecular flexibility index (Phi) is 7.51. The maximum Gasteiger partial charge on any atom is 0.407 e. The van der Waals surface area contributed by atoms with Crippen molar-refractivity contribution in [1.29, 1.82) is 0 Å². The van der Waals surface area contributed by atoms with Gasteiger partial charge in [-0.1, -0.05) is 50.1 Å². The third-order valence-corrected chi connectivity index (χ3v) is 5.37. The molecule has 9 nitrogen and oxygen atoms in total. The van der Waals surface area contributed by atoms with E-state index in [1.165, 1.54) is 9.47 Å². The molecule has 0 bridgehead atoms. The first-order valence-corrected chi connectivity index (χ1v) is 10.7. The fourth-order valence-corrected chi connectivity index (χ4v) is 3.66. The standard InChI is InChI=1S/C21H26ClN5O4/c1-2-3-7-11-26-17-16(23-19(22)24-17)18(28)27(20(26)29)14-13-25(21(30)31)12-10-15-8-5-4-6-9-15/h4-6,8-9H,2-3,7,10-14H2,1H3,(H,23,24)(H,30,31). The highest BCUT2D eigenvalue weighted by Crippen LogP contribution is 2.11. The van der Waals surface area contributed by atoms with Gasteiger partial charge in [0.1, 0.15) is 0 Å². The van der Waals surface area contributed by atoms with Crippen LogP contribution in [0.15, 0.2) is 39.9 Å². The molecule has 3 aromatic rings. The number of aromatic nitrogens is 4. The molecule has 166 valence electrons. The normalized spacial score (nSPS) is 11.2. The molecule has 0 unspecified atom stereocenters. The van der Waals surface area contributed by atoms with Crippen LogP contribution in [0.4, 0.5) is 4.79 Å². The molecule has 0 aliphatic rings. The fraction of sp³-hybridized carbons (Fsp3) is 0.429. The highest BCUT2D eigenvalue weighted by atomic mass is 35.5. The number of imidazole rings is 1. The smallest absolute Gasteiger partial charge is 0.407 e. The van der Waals surface area contributed by atoms with Crippen molar-refractivity contribution in [2.45, 2.75) is 45.7 Å². The van der Waals surface area contributed by atoms with Crippen molar-refractivity contribution in [1.82, 2.24) is 24.0 Å². The largest absolute Gasteiger partial charge is 0.465 e. The van der Waals surface area contributed by atoms with E-state index in [2.05, 4.69) is 16.9 Å². The second-order valence-corrected chi connectivity index (χ2v) is 7.69. The predicted molar refractivity (Wildman–Crippen MR) is 119 cm³/mol. The van der Waals surface area contributed by atoms with Gasteiger partial charge in [0.05, 0.1) is 0 Å². The summed E-state index contributed by atoms with van der Waals surface area (Å²) in [5, 5.41) is 9.59. The van der Waals surface area contributed by atoms with E-state index in [1.54, 1.807) is 0 Å².